The Kier molecular flexibility index (Phi) is 5.69. The van der Waals surface area contributed by atoms with Crippen molar-refractivity contribution in [1.82, 2.24) is 20.2 Å². The normalized spacial score (nSPS) is 10.7. The fraction of sp³-hybridized carbons (Fsp3) is 0.222. The average Bonchev–Trinajstić information content (AvgIpc) is 3.09. The van der Waals surface area contributed by atoms with E-state index in [4.69, 9.17) is 0 Å². The largest absolute Gasteiger partial charge is 0.319 e. The number of nitro groups is 1. The summed E-state index contributed by atoms with van der Waals surface area (Å²) < 4.78 is 1.57. The molecule has 0 aliphatic rings. The van der Waals surface area contributed by atoms with E-state index in [1.54, 1.807) is 23.7 Å². The van der Waals surface area contributed by atoms with E-state index in [0.29, 0.717) is 10.7 Å². The fourth-order valence-corrected chi connectivity index (χ4v) is 3.42. The van der Waals surface area contributed by atoms with Gasteiger partial charge in [-0.25, -0.2) is 0 Å². The van der Waals surface area contributed by atoms with Crippen molar-refractivity contribution in [3.63, 3.8) is 0 Å². The van der Waals surface area contributed by atoms with Crippen LogP contribution >= 0.6 is 11.8 Å². The molecule has 9 nitrogen and oxygen atoms in total. The molecule has 0 fully saturated rings. The van der Waals surface area contributed by atoms with E-state index in [2.05, 4.69) is 20.8 Å². The van der Waals surface area contributed by atoms with Gasteiger partial charge in [-0.3, -0.25) is 14.9 Å². The molecular formula is C18H18N6O3S. The lowest BCUT2D eigenvalue weighted by Crippen LogP contribution is -2.16. The number of aromatic nitrogens is 4. The Morgan fingerprint density at radius 2 is 2.00 bits per heavy atom. The van der Waals surface area contributed by atoms with Gasteiger partial charge in [0, 0.05) is 6.07 Å². The lowest BCUT2D eigenvalue weighted by molar-refractivity contribution is -0.384. The van der Waals surface area contributed by atoms with Gasteiger partial charge in [0.1, 0.15) is 5.69 Å². The second-order valence-corrected chi connectivity index (χ2v) is 7.17. The van der Waals surface area contributed by atoms with E-state index in [-0.39, 0.29) is 23.0 Å². The standard InChI is InChI=1S/C18H18N6O3S/c1-11-7-8-14(13(3)9-11)23-18(20-21-22-23)28-10-16(25)19-17-12(2)5-4-6-15(17)24(26)27/h4-9H,10H2,1-3H3,(H,19,25). The molecule has 1 aromatic heterocycles. The van der Waals surface area contributed by atoms with Crippen LogP contribution in [0.15, 0.2) is 41.6 Å². The zero-order chi connectivity index (χ0) is 20.3. The van der Waals surface area contributed by atoms with Gasteiger partial charge in [-0.15, -0.1) is 5.10 Å². The monoisotopic (exact) mass is 398 g/mol. The Morgan fingerprint density at radius 1 is 1.21 bits per heavy atom. The molecule has 0 saturated carbocycles. The molecule has 0 saturated heterocycles. The molecule has 0 atom stereocenters. The maximum absolute atomic E-state index is 12.4. The van der Waals surface area contributed by atoms with Crippen LogP contribution in [0.3, 0.4) is 0 Å². The lowest BCUT2D eigenvalue weighted by atomic mass is 10.1. The predicted octanol–water partition coefficient (Wildman–Crippen LogP) is 3.23. The molecule has 1 amide bonds. The Hall–Kier alpha value is -3.27. The molecule has 10 heteroatoms. The Labute approximate surface area is 165 Å². The Bertz CT molecular complexity index is 1050. The van der Waals surface area contributed by atoms with Gasteiger partial charge in [0.25, 0.3) is 5.69 Å². The van der Waals surface area contributed by atoms with E-state index in [1.165, 1.54) is 6.07 Å². The number of anilines is 1. The molecule has 28 heavy (non-hydrogen) atoms. The molecule has 2 aromatic carbocycles. The van der Waals surface area contributed by atoms with Gasteiger partial charge in [0.2, 0.25) is 11.1 Å². The predicted molar refractivity (Wildman–Crippen MR) is 106 cm³/mol. The van der Waals surface area contributed by atoms with E-state index in [0.717, 1.165) is 28.6 Å². The number of hydrogen-bond donors (Lipinski definition) is 1. The van der Waals surface area contributed by atoms with Crippen molar-refractivity contribution in [2.24, 2.45) is 0 Å². The number of aryl methyl sites for hydroxylation is 3. The van der Waals surface area contributed by atoms with Gasteiger partial charge in [0.05, 0.1) is 16.4 Å². The van der Waals surface area contributed by atoms with E-state index < -0.39 is 4.92 Å². The van der Waals surface area contributed by atoms with Gasteiger partial charge in [-0.2, -0.15) is 4.68 Å². The SMILES string of the molecule is Cc1ccc(-n2nnnc2SCC(=O)Nc2c(C)cccc2[N+](=O)[O-])c(C)c1. The molecular weight excluding hydrogens is 380 g/mol. The summed E-state index contributed by atoms with van der Waals surface area (Å²) in [5.41, 5.74) is 3.64. The van der Waals surface area contributed by atoms with Gasteiger partial charge in [-0.05, 0) is 48.4 Å². The van der Waals surface area contributed by atoms with E-state index in [1.807, 2.05) is 32.0 Å². The maximum atomic E-state index is 12.4. The zero-order valence-electron chi connectivity index (χ0n) is 15.5. The number of benzene rings is 2. The van der Waals surface area contributed by atoms with Crippen LogP contribution in [0, 0.1) is 30.9 Å². The molecule has 0 aliphatic heterocycles. The quantitative estimate of drug-likeness (QED) is 0.385. The Balaban J connectivity index is 1.74. The van der Waals surface area contributed by atoms with Gasteiger partial charge < -0.3 is 5.32 Å². The smallest absolute Gasteiger partial charge is 0.293 e. The molecule has 0 spiro atoms. The third kappa shape index (κ3) is 4.17. The van der Waals surface area contributed by atoms with Gasteiger partial charge in [-0.1, -0.05) is 41.6 Å². The summed E-state index contributed by atoms with van der Waals surface area (Å²) in [7, 11) is 0. The molecule has 3 aromatic rings. The minimum atomic E-state index is -0.517. The summed E-state index contributed by atoms with van der Waals surface area (Å²) in [6, 6.07) is 10.5. The van der Waals surface area contributed by atoms with Crippen LogP contribution in [0.1, 0.15) is 16.7 Å². The first-order valence-electron chi connectivity index (χ1n) is 8.39. The van der Waals surface area contributed by atoms with Crippen molar-refractivity contribution in [3.05, 3.63) is 63.2 Å². The highest BCUT2D eigenvalue weighted by Gasteiger charge is 2.19. The number of nitrogens with zero attached hydrogens (tertiary/aromatic N) is 5. The molecule has 0 radical (unpaired) electrons. The van der Waals surface area contributed by atoms with Crippen molar-refractivity contribution >= 4 is 29.0 Å². The minimum absolute atomic E-state index is 0.0107. The summed E-state index contributed by atoms with van der Waals surface area (Å²) >= 11 is 1.15. The number of tetrazole rings is 1. The summed E-state index contributed by atoms with van der Waals surface area (Å²) in [5.74, 6) is -0.367. The van der Waals surface area contributed by atoms with Crippen molar-refractivity contribution in [1.29, 1.82) is 0 Å². The number of hydrogen-bond acceptors (Lipinski definition) is 7. The van der Waals surface area contributed by atoms with Gasteiger partial charge >= 0.3 is 0 Å². The molecule has 0 unspecified atom stereocenters. The first-order valence-corrected chi connectivity index (χ1v) is 9.38. The van der Waals surface area contributed by atoms with Crippen LogP contribution in [-0.2, 0) is 4.79 Å². The number of nitrogens with one attached hydrogen (secondary N) is 1. The van der Waals surface area contributed by atoms with Crippen molar-refractivity contribution in [2.45, 2.75) is 25.9 Å². The number of rotatable bonds is 6. The Morgan fingerprint density at radius 3 is 2.71 bits per heavy atom. The van der Waals surface area contributed by atoms with Crippen molar-refractivity contribution in [3.8, 4) is 5.69 Å². The van der Waals surface area contributed by atoms with Crippen LogP contribution < -0.4 is 5.32 Å². The highest BCUT2D eigenvalue weighted by Crippen LogP contribution is 2.28. The molecule has 0 aliphatic carbocycles. The summed E-state index contributed by atoms with van der Waals surface area (Å²) in [6.07, 6.45) is 0. The minimum Gasteiger partial charge on any atom is -0.319 e. The first kappa shape index (κ1) is 19.5. The average molecular weight is 398 g/mol. The van der Waals surface area contributed by atoms with Crippen molar-refractivity contribution in [2.75, 3.05) is 11.1 Å². The van der Waals surface area contributed by atoms with E-state index >= 15 is 0 Å². The lowest BCUT2D eigenvalue weighted by Gasteiger charge is -2.10. The number of nitro benzene ring substituents is 1. The third-order valence-electron chi connectivity index (χ3n) is 4.07. The molecule has 0 bridgehead atoms. The topological polar surface area (TPSA) is 116 Å². The van der Waals surface area contributed by atoms with Crippen LogP contribution in [-0.4, -0.2) is 36.8 Å². The van der Waals surface area contributed by atoms with Crippen LogP contribution in [0.5, 0.6) is 0 Å². The van der Waals surface area contributed by atoms with E-state index in [9.17, 15) is 14.9 Å². The molecule has 1 N–H and O–H groups in total. The van der Waals surface area contributed by atoms with Crippen LogP contribution in [0.4, 0.5) is 11.4 Å². The highest BCUT2D eigenvalue weighted by molar-refractivity contribution is 7.99. The number of para-hydroxylation sites is 1. The molecule has 1 heterocycles. The zero-order valence-corrected chi connectivity index (χ0v) is 16.4. The van der Waals surface area contributed by atoms with Gasteiger partial charge in [0.15, 0.2) is 0 Å². The second-order valence-electron chi connectivity index (χ2n) is 6.23. The number of thioether (sulfide) groups is 1. The first-order chi connectivity index (χ1) is 13.4. The third-order valence-corrected chi connectivity index (χ3v) is 4.98. The number of carbonyl (C=O) groups excluding carboxylic acids is 1. The van der Waals surface area contributed by atoms with Crippen LogP contribution in [0.25, 0.3) is 5.69 Å². The summed E-state index contributed by atoms with van der Waals surface area (Å²) in [5, 5.41) is 25.9. The maximum Gasteiger partial charge on any atom is 0.293 e. The fourth-order valence-electron chi connectivity index (χ4n) is 2.74. The van der Waals surface area contributed by atoms with Crippen LogP contribution in [0.2, 0.25) is 0 Å². The summed E-state index contributed by atoms with van der Waals surface area (Å²) in [4.78, 5) is 23.0. The second kappa shape index (κ2) is 8.17. The highest BCUT2D eigenvalue weighted by atomic mass is 32.2. The molecule has 3 rings (SSSR count). The summed E-state index contributed by atoms with van der Waals surface area (Å²) in [6.45, 7) is 5.67. The molecule has 144 valence electrons. The number of carbonyl (C=O) groups is 1. The van der Waals surface area contributed by atoms with Crippen molar-refractivity contribution < 1.29 is 9.72 Å². The number of amides is 1.